The van der Waals surface area contributed by atoms with Gasteiger partial charge in [-0.1, -0.05) is 18.2 Å². The second-order valence-corrected chi connectivity index (χ2v) is 7.02. The molecule has 8 heteroatoms. The Hall–Kier alpha value is -3.99. The third kappa shape index (κ3) is 3.65. The number of nitrogens with zero attached hydrogens (tertiary/aromatic N) is 6. The van der Waals surface area contributed by atoms with Gasteiger partial charge >= 0.3 is 0 Å². The van der Waals surface area contributed by atoms with Crippen LogP contribution in [0.1, 0.15) is 34.5 Å². The third-order valence-electron chi connectivity index (χ3n) is 5.15. The standard InChI is InChI=1S/C22H21N7O/c1-15-19(16(2)29-22(27-15)18(12-23)14-26-29)8-9-21(30)24-13-17-6-3-4-7-20(17)28-11-5-10-25-28/h3-7,10-11,14H,8-9,13H2,1-2H3,(H,24,30). The molecule has 0 aliphatic heterocycles. The van der Waals surface area contributed by atoms with Crippen LogP contribution in [-0.2, 0) is 17.8 Å². The molecule has 4 aromatic rings. The molecule has 0 bridgehead atoms. The Bertz CT molecular complexity index is 1250. The summed E-state index contributed by atoms with van der Waals surface area (Å²) in [7, 11) is 0. The van der Waals surface area contributed by atoms with Crippen molar-refractivity contribution in [1.82, 2.24) is 29.7 Å². The molecule has 0 aliphatic rings. The fourth-order valence-corrected chi connectivity index (χ4v) is 3.57. The van der Waals surface area contributed by atoms with Crippen LogP contribution >= 0.6 is 0 Å². The maximum Gasteiger partial charge on any atom is 0.220 e. The molecule has 0 saturated heterocycles. The average molecular weight is 399 g/mol. The third-order valence-corrected chi connectivity index (χ3v) is 5.15. The zero-order valence-electron chi connectivity index (χ0n) is 16.8. The van der Waals surface area contributed by atoms with Gasteiger partial charge in [-0.25, -0.2) is 14.2 Å². The maximum absolute atomic E-state index is 12.5. The first-order chi connectivity index (χ1) is 14.6. The molecular weight excluding hydrogens is 378 g/mol. The van der Waals surface area contributed by atoms with Gasteiger partial charge in [0.25, 0.3) is 0 Å². The SMILES string of the molecule is Cc1nc2c(C#N)cnn2c(C)c1CCC(=O)NCc1ccccc1-n1cccn1. The first kappa shape index (κ1) is 19.3. The molecule has 150 valence electrons. The van der Waals surface area contributed by atoms with Gasteiger partial charge in [0.15, 0.2) is 5.65 Å². The van der Waals surface area contributed by atoms with Crippen molar-refractivity contribution in [1.29, 1.82) is 5.26 Å². The van der Waals surface area contributed by atoms with E-state index >= 15 is 0 Å². The van der Waals surface area contributed by atoms with E-state index in [-0.39, 0.29) is 5.91 Å². The Balaban J connectivity index is 1.44. The number of aryl methyl sites for hydroxylation is 2. The monoisotopic (exact) mass is 399 g/mol. The van der Waals surface area contributed by atoms with E-state index in [2.05, 4.69) is 26.6 Å². The van der Waals surface area contributed by atoms with Crippen molar-refractivity contribution in [3.8, 4) is 11.8 Å². The molecule has 0 atom stereocenters. The van der Waals surface area contributed by atoms with Crippen molar-refractivity contribution >= 4 is 11.6 Å². The molecule has 0 aliphatic carbocycles. The number of carbonyl (C=O) groups is 1. The van der Waals surface area contributed by atoms with Gasteiger partial charge in [-0.2, -0.15) is 15.5 Å². The van der Waals surface area contributed by atoms with Crippen LogP contribution in [0, 0.1) is 25.2 Å². The summed E-state index contributed by atoms with van der Waals surface area (Å²) in [6.07, 6.45) is 6.01. The highest BCUT2D eigenvalue weighted by Gasteiger charge is 2.15. The number of para-hydroxylation sites is 1. The molecule has 1 aromatic carbocycles. The number of aromatic nitrogens is 5. The van der Waals surface area contributed by atoms with Crippen LogP contribution in [0.3, 0.4) is 0 Å². The van der Waals surface area contributed by atoms with E-state index in [9.17, 15) is 10.1 Å². The molecule has 1 N–H and O–H groups in total. The lowest BCUT2D eigenvalue weighted by molar-refractivity contribution is -0.121. The van der Waals surface area contributed by atoms with E-state index < -0.39 is 0 Å². The Morgan fingerprint density at radius 3 is 2.80 bits per heavy atom. The molecule has 0 radical (unpaired) electrons. The molecule has 4 rings (SSSR count). The second-order valence-electron chi connectivity index (χ2n) is 7.02. The van der Waals surface area contributed by atoms with Crippen molar-refractivity contribution in [3.05, 3.63) is 77.0 Å². The Morgan fingerprint density at radius 2 is 2.03 bits per heavy atom. The van der Waals surface area contributed by atoms with E-state index in [1.54, 1.807) is 15.4 Å². The lowest BCUT2D eigenvalue weighted by Crippen LogP contribution is -2.24. The predicted molar refractivity (Wildman–Crippen MR) is 111 cm³/mol. The summed E-state index contributed by atoms with van der Waals surface area (Å²) in [6.45, 7) is 4.26. The van der Waals surface area contributed by atoms with Gasteiger partial charge in [0.2, 0.25) is 5.91 Å². The topological polar surface area (TPSA) is 101 Å². The van der Waals surface area contributed by atoms with Crippen LogP contribution in [0.4, 0.5) is 0 Å². The van der Waals surface area contributed by atoms with Gasteiger partial charge in [0, 0.05) is 36.7 Å². The van der Waals surface area contributed by atoms with E-state index in [1.807, 2.05) is 50.4 Å². The zero-order chi connectivity index (χ0) is 21.1. The van der Waals surface area contributed by atoms with Crippen molar-refractivity contribution in [2.75, 3.05) is 0 Å². The number of fused-ring (bicyclic) bond motifs is 1. The van der Waals surface area contributed by atoms with Gasteiger partial charge in [-0.3, -0.25) is 4.79 Å². The smallest absolute Gasteiger partial charge is 0.220 e. The number of rotatable bonds is 6. The minimum Gasteiger partial charge on any atom is -0.352 e. The molecule has 0 unspecified atom stereocenters. The molecule has 3 heterocycles. The number of amides is 1. The normalized spacial score (nSPS) is 10.8. The quantitative estimate of drug-likeness (QED) is 0.537. The highest BCUT2D eigenvalue weighted by Crippen LogP contribution is 2.18. The van der Waals surface area contributed by atoms with Gasteiger partial charge in [-0.05, 0) is 43.5 Å². The van der Waals surface area contributed by atoms with Crippen LogP contribution in [-0.4, -0.2) is 30.3 Å². The summed E-state index contributed by atoms with van der Waals surface area (Å²) in [4.78, 5) is 17.0. The summed E-state index contributed by atoms with van der Waals surface area (Å²) in [6, 6.07) is 11.8. The Kier molecular flexibility index (Phi) is 5.26. The number of hydrogen-bond acceptors (Lipinski definition) is 5. The molecule has 8 nitrogen and oxygen atoms in total. The van der Waals surface area contributed by atoms with Crippen molar-refractivity contribution in [3.63, 3.8) is 0 Å². The lowest BCUT2D eigenvalue weighted by Gasteiger charge is -2.12. The molecule has 0 saturated carbocycles. The van der Waals surface area contributed by atoms with Crippen LogP contribution in [0.5, 0.6) is 0 Å². The lowest BCUT2D eigenvalue weighted by atomic mass is 10.1. The van der Waals surface area contributed by atoms with E-state index in [0.29, 0.717) is 30.6 Å². The summed E-state index contributed by atoms with van der Waals surface area (Å²) >= 11 is 0. The van der Waals surface area contributed by atoms with Crippen LogP contribution < -0.4 is 5.32 Å². The highest BCUT2D eigenvalue weighted by molar-refractivity contribution is 5.76. The van der Waals surface area contributed by atoms with Gasteiger partial charge in [0.1, 0.15) is 11.6 Å². The summed E-state index contributed by atoms with van der Waals surface area (Å²) in [5.74, 6) is -0.0395. The van der Waals surface area contributed by atoms with Crippen molar-refractivity contribution < 1.29 is 4.79 Å². The fraction of sp³-hybridized carbons (Fsp3) is 0.227. The molecule has 0 spiro atoms. The van der Waals surface area contributed by atoms with Gasteiger partial charge in [-0.15, -0.1) is 0 Å². The maximum atomic E-state index is 12.5. The van der Waals surface area contributed by atoms with E-state index in [4.69, 9.17) is 0 Å². The molecular formula is C22H21N7O. The predicted octanol–water partition coefficient (Wildman–Crippen LogP) is 2.65. The van der Waals surface area contributed by atoms with E-state index in [1.165, 1.54) is 6.20 Å². The molecule has 3 aromatic heterocycles. The van der Waals surface area contributed by atoms with Crippen molar-refractivity contribution in [2.45, 2.75) is 33.2 Å². The fourth-order valence-electron chi connectivity index (χ4n) is 3.57. The molecule has 1 amide bonds. The van der Waals surface area contributed by atoms with Crippen LogP contribution in [0.25, 0.3) is 11.3 Å². The molecule has 30 heavy (non-hydrogen) atoms. The first-order valence-corrected chi connectivity index (χ1v) is 9.67. The zero-order valence-corrected chi connectivity index (χ0v) is 16.8. The second kappa shape index (κ2) is 8.17. The minimum atomic E-state index is -0.0395. The first-order valence-electron chi connectivity index (χ1n) is 9.67. The number of nitrogens with one attached hydrogen (secondary N) is 1. The highest BCUT2D eigenvalue weighted by atomic mass is 16.1. The number of hydrogen-bond donors (Lipinski definition) is 1. The number of carbonyl (C=O) groups excluding carboxylic acids is 1. The minimum absolute atomic E-state index is 0.0395. The van der Waals surface area contributed by atoms with Crippen LogP contribution in [0.15, 0.2) is 48.9 Å². The Morgan fingerprint density at radius 1 is 1.20 bits per heavy atom. The Labute approximate surface area is 173 Å². The summed E-state index contributed by atoms with van der Waals surface area (Å²) < 4.78 is 3.45. The number of benzene rings is 1. The van der Waals surface area contributed by atoms with Gasteiger partial charge < -0.3 is 5.32 Å². The largest absolute Gasteiger partial charge is 0.352 e. The summed E-state index contributed by atoms with van der Waals surface area (Å²) in [5, 5.41) is 20.7. The number of nitriles is 1. The molecule has 0 fully saturated rings. The average Bonchev–Trinajstić information content (AvgIpc) is 3.42. The van der Waals surface area contributed by atoms with E-state index in [0.717, 1.165) is 28.2 Å². The summed E-state index contributed by atoms with van der Waals surface area (Å²) in [5.41, 5.74) is 5.62. The van der Waals surface area contributed by atoms with Crippen molar-refractivity contribution in [2.24, 2.45) is 0 Å². The van der Waals surface area contributed by atoms with Gasteiger partial charge in [0.05, 0.1) is 11.9 Å². The van der Waals surface area contributed by atoms with Crippen LogP contribution in [0.2, 0.25) is 0 Å².